The van der Waals surface area contributed by atoms with E-state index in [1.165, 1.54) is 11.1 Å². The molecular weight excluding hydrogens is 384 g/mol. The van der Waals surface area contributed by atoms with E-state index in [-0.39, 0.29) is 17.8 Å². The zero-order chi connectivity index (χ0) is 20.6. The lowest BCUT2D eigenvalue weighted by Gasteiger charge is -2.54. The van der Waals surface area contributed by atoms with E-state index < -0.39 is 11.4 Å². The van der Waals surface area contributed by atoms with Gasteiger partial charge in [0, 0.05) is 18.3 Å². The number of hydrogen-bond acceptors (Lipinski definition) is 6. The Morgan fingerprint density at radius 3 is 2.47 bits per heavy atom. The van der Waals surface area contributed by atoms with E-state index in [1.54, 1.807) is 5.57 Å². The van der Waals surface area contributed by atoms with Crippen LogP contribution in [-0.4, -0.2) is 60.4 Å². The van der Waals surface area contributed by atoms with E-state index in [2.05, 4.69) is 13.0 Å². The molecule has 6 aliphatic rings. The van der Waals surface area contributed by atoms with Crippen molar-refractivity contribution in [3.8, 4) is 0 Å². The van der Waals surface area contributed by atoms with Crippen molar-refractivity contribution in [2.45, 2.75) is 75.5 Å². The molecule has 0 aromatic heterocycles. The average molecular weight is 419 g/mol. The van der Waals surface area contributed by atoms with Gasteiger partial charge in [-0.15, -0.1) is 0 Å². The van der Waals surface area contributed by atoms with Crippen molar-refractivity contribution in [1.29, 1.82) is 0 Å². The summed E-state index contributed by atoms with van der Waals surface area (Å²) in [6.07, 6.45) is 9.83. The van der Waals surface area contributed by atoms with Crippen LogP contribution in [0.3, 0.4) is 0 Å². The molecule has 0 aromatic rings. The molecule has 2 saturated heterocycles. The Morgan fingerprint density at radius 2 is 1.73 bits per heavy atom. The lowest BCUT2D eigenvalue weighted by molar-refractivity contribution is -0.314. The van der Waals surface area contributed by atoms with Gasteiger partial charge in [0.2, 0.25) is 5.79 Å². The van der Waals surface area contributed by atoms with Crippen LogP contribution in [0.4, 0.5) is 0 Å². The summed E-state index contributed by atoms with van der Waals surface area (Å²) in [6, 6.07) is 0. The summed E-state index contributed by atoms with van der Waals surface area (Å²) < 4.78 is 23.8. The van der Waals surface area contributed by atoms with E-state index in [4.69, 9.17) is 18.9 Å². The molecule has 1 spiro atoms. The second-order valence-corrected chi connectivity index (χ2v) is 10.4. The number of allylic oxidation sites excluding steroid dienone is 3. The molecule has 2 aliphatic heterocycles. The van der Waals surface area contributed by atoms with Gasteiger partial charge in [-0.3, -0.25) is 0 Å². The maximum absolute atomic E-state index is 12.0. The summed E-state index contributed by atoms with van der Waals surface area (Å²) in [4.78, 5) is 0. The largest absolute Gasteiger partial charge is 0.391 e. The van der Waals surface area contributed by atoms with Gasteiger partial charge < -0.3 is 29.2 Å². The maximum Gasteiger partial charge on any atom is 0.222 e. The summed E-state index contributed by atoms with van der Waals surface area (Å²) >= 11 is 0. The summed E-state index contributed by atoms with van der Waals surface area (Å²) in [5, 5.41) is 22.2. The molecule has 6 nitrogen and oxygen atoms in total. The van der Waals surface area contributed by atoms with Crippen molar-refractivity contribution in [3.63, 3.8) is 0 Å². The third-order valence-corrected chi connectivity index (χ3v) is 9.39. The summed E-state index contributed by atoms with van der Waals surface area (Å²) in [5.41, 5.74) is 3.05. The highest BCUT2D eigenvalue weighted by molar-refractivity contribution is 5.45. The Hall–Kier alpha value is -0.760. The van der Waals surface area contributed by atoms with Gasteiger partial charge in [-0.05, 0) is 61.5 Å². The van der Waals surface area contributed by atoms with Gasteiger partial charge in [-0.2, -0.15) is 0 Å². The fraction of sp³-hybridized carbons (Fsp3) is 0.833. The van der Waals surface area contributed by atoms with Crippen LogP contribution in [0.15, 0.2) is 22.8 Å². The Balaban J connectivity index is 1.34. The fourth-order valence-electron chi connectivity index (χ4n) is 7.85. The molecule has 6 rings (SSSR count). The van der Waals surface area contributed by atoms with Crippen molar-refractivity contribution < 1.29 is 29.2 Å². The van der Waals surface area contributed by atoms with E-state index in [9.17, 15) is 10.2 Å². The predicted molar refractivity (Wildman–Crippen MR) is 108 cm³/mol. The monoisotopic (exact) mass is 418 g/mol. The van der Waals surface area contributed by atoms with Crippen molar-refractivity contribution >= 4 is 0 Å². The first-order chi connectivity index (χ1) is 14.5. The molecule has 0 amide bonds. The van der Waals surface area contributed by atoms with Crippen LogP contribution in [0.2, 0.25) is 0 Å². The predicted octanol–water partition coefficient (Wildman–Crippen LogP) is 2.83. The Morgan fingerprint density at radius 1 is 1.00 bits per heavy atom. The van der Waals surface area contributed by atoms with Gasteiger partial charge in [0.05, 0.1) is 26.4 Å². The number of hydrogen-bond donors (Lipinski definition) is 2. The molecule has 4 atom stereocenters. The van der Waals surface area contributed by atoms with Crippen molar-refractivity contribution in [1.82, 2.24) is 0 Å². The second-order valence-electron chi connectivity index (χ2n) is 10.4. The highest BCUT2D eigenvalue weighted by Crippen LogP contribution is 2.66. The van der Waals surface area contributed by atoms with Gasteiger partial charge in [0.25, 0.3) is 0 Å². The highest BCUT2D eigenvalue weighted by Gasteiger charge is 2.70. The molecule has 4 aliphatic carbocycles. The first-order valence-corrected chi connectivity index (χ1v) is 11.8. The van der Waals surface area contributed by atoms with Crippen LogP contribution in [0.5, 0.6) is 0 Å². The molecule has 166 valence electrons. The maximum atomic E-state index is 12.0. The molecule has 30 heavy (non-hydrogen) atoms. The summed E-state index contributed by atoms with van der Waals surface area (Å²) in [6.45, 7) is 4.17. The van der Waals surface area contributed by atoms with Crippen molar-refractivity contribution in [2.75, 3.05) is 33.0 Å². The van der Waals surface area contributed by atoms with Crippen LogP contribution < -0.4 is 0 Å². The third-order valence-electron chi connectivity index (χ3n) is 9.39. The third kappa shape index (κ3) is 2.41. The van der Waals surface area contributed by atoms with Gasteiger partial charge in [-0.25, -0.2) is 0 Å². The molecule has 2 N–H and O–H groups in total. The van der Waals surface area contributed by atoms with Gasteiger partial charge >= 0.3 is 0 Å². The van der Waals surface area contributed by atoms with Crippen molar-refractivity contribution in [2.24, 2.45) is 17.3 Å². The smallest absolute Gasteiger partial charge is 0.222 e. The lowest BCUT2D eigenvalue weighted by Crippen LogP contribution is -2.65. The SMILES string of the molecule is C[C@]12CC=C3C4=C(CC[C@H]3[C@@H]1CC[C@]2(O)C1(CO)OCCO1)CC1(CC4)OCCO1. The standard InChI is InChI=1S/C24H34O6/c1-21-7-4-18-17-5-8-22(27-10-11-28-22)14-16(17)2-3-19(18)20(21)6-9-23(21,26)24(15-25)29-12-13-30-24/h4,19-20,25-26H,2-3,5-15H2,1H3/t19-,20+,21+,23-/m1/s1. The quantitative estimate of drug-likeness (QED) is 0.718. The van der Waals surface area contributed by atoms with Crippen LogP contribution >= 0.6 is 0 Å². The molecule has 3 fully saturated rings. The molecule has 0 radical (unpaired) electrons. The Bertz CT molecular complexity index is 790. The zero-order valence-corrected chi connectivity index (χ0v) is 18.0. The number of aliphatic hydroxyl groups is 2. The summed E-state index contributed by atoms with van der Waals surface area (Å²) in [7, 11) is 0. The number of fused-ring (bicyclic) bond motifs is 4. The van der Waals surface area contributed by atoms with Gasteiger partial charge in [0.15, 0.2) is 5.79 Å². The number of ether oxygens (including phenoxy) is 4. The van der Waals surface area contributed by atoms with E-state index >= 15 is 0 Å². The Labute approximate surface area is 178 Å². The molecule has 0 bridgehead atoms. The molecule has 6 heteroatoms. The van der Waals surface area contributed by atoms with Crippen LogP contribution in [0.25, 0.3) is 0 Å². The first kappa shape index (κ1) is 19.9. The normalized spacial score (nSPS) is 44.0. The molecule has 0 aromatic carbocycles. The van der Waals surface area contributed by atoms with Crippen molar-refractivity contribution in [3.05, 3.63) is 22.8 Å². The Kier molecular flexibility index (Phi) is 4.39. The number of rotatable bonds is 2. The van der Waals surface area contributed by atoms with E-state index in [0.717, 1.165) is 44.9 Å². The second kappa shape index (κ2) is 6.63. The molecule has 2 heterocycles. The fourth-order valence-corrected chi connectivity index (χ4v) is 7.85. The lowest BCUT2D eigenvalue weighted by atomic mass is 9.55. The summed E-state index contributed by atoms with van der Waals surface area (Å²) in [5.74, 6) is -0.806. The van der Waals surface area contributed by atoms with Crippen LogP contribution in [0, 0.1) is 17.3 Å². The molecule has 0 unspecified atom stereocenters. The van der Waals surface area contributed by atoms with Gasteiger partial charge in [-0.1, -0.05) is 18.6 Å². The zero-order valence-electron chi connectivity index (χ0n) is 18.0. The average Bonchev–Trinajstić information content (AvgIpc) is 3.48. The van der Waals surface area contributed by atoms with E-state index in [1.807, 2.05) is 0 Å². The minimum Gasteiger partial charge on any atom is -0.391 e. The minimum atomic E-state index is -1.28. The van der Waals surface area contributed by atoms with Crippen LogP contribution in [0.1, 0.15) is 58.3 Å². The first-order valence-electron chi connectivity index (χ1n) is 11.8. The van der Waals surface area contributed by atoms with Crippen LogP contribution in [-0.2, 0) is 18.9 Å². The minimum absolute atomic E-state index is 0.301. The topological polar surface area (TPSA) is 77.4 Å². The molecule has 1 saturated carbocycles. The molecular formula is C24H34O6. The van der Waals surface area contributed by atoms with Gasteiger partial charge in [0.1, 0.15) is 12.2 Å². The highest BCUT2D eigenvalue weighted by atomic mass is 16.8. The number of aliphatic hydroxyl groups excluding tert-OH is 1. The van der Waals surface area contributed by atoms with E-state index in [0.29, 0.717) is 44.7 Å².